The molecule has 2 saturated heterocycles. The van der Waals surface area contributed by atoms with Gasteiger partial charge in [0.15, 0.2) is 0 Å². The van der Waals surface area contributed by atoms with E-state index < -0.39 is 12.6 Å². The number of halogens is 2. The van der Waals surface area contributed by atoms with Crippen molar-refractivity contribution in [2.75, 3.05) is 39.4 Å². The minimum Gasteiger partial charge on any atom is -0.480 e. The minimum absolute atomic E-state index is 0.0263. The van der Waals surface area contributed by atoms with E-state index >= 15 is 0 Å². The second kappa shape index (κ2) is 8.07. The lowest BCUT2D eigenvalue weighted by Gasteiger charge is -2.30. The van der Waals surface area contributed by atoms with Gasteiger partial charge >= 0.3 is 12.6 Å². The smallest absolute Gasteiger partial charge is 0.387 e. The third-order valence-corrected chi connectivity index (χ3v) is 4.53. The van der Waals surface area contributed by atoms with Crippen molar-refractivity contribution in [3.05, 3.63) is 29.8 Å². The Kier molecular flexibility index (Phi) is 5.82. The third kappa shape index (κ3) is 5.10. The highest BCUT2D eigenvalue weighted by molar-refractivity contribution is 5.69. The van der Waals surface area contributed by atoms with Gasteiger partial charge in [-0.1, -0.05) is 12.1 Å². The van der Waals surface area contributed by atoms with Gasteiger partial charge in [-0.2, -0.15) is 8.78 Å². The van der Waals surface area contributed by atoms with Gasteiger partial charge in [0, 0.05) is 38.1 Å². The molecule has 2 heterocycles. The number of carboxylic acids is 1. The number of hydrogen-bond donors (Lipinski definition) is 1. The van der Waals surface area contributed by atoms with Gasteiger partial charge in [0.2, 0.25) is 0 Å². The molecule has 0 spiro atoms. The maximum atomic E-state index is 12.4. The average Bonchev–Trinajstić information content (AvgIpc) is 2.76. The van der Waals surface area contributed by atoms with Crippen LogP contribution in [0.4, 0.5) is 8.78 Å². The van der Waals surface area contributed by atoms with Crippen LogP contribution in [0.5, 0.6) is 5.75 Å². The summed E-state index contributed by atoms with van der Waals surface area (Å²) in [6, 6.07) is 6.78. The molecule has 6 nitrogen and oxygen atoms in total. The summed E-state index contributed by atoms with van der Waals surface area (Å²) in [6.07, 6.45) is 0. The highest BCUT2D eigenvalue weighted by atomic mass is 19.3. The van der Waals surface area contributed by atoms with Crippen LogP contribution in [0.25, 0.3) is 0 Å². The maximum Gasteiger partial charge on any atom is 0.387 e. The highest BCUT2D eigenvalue weighted by Crippen LogP contribution is 2.23. The normalized spacial score (nSPS) is 24.9. The summed E-state index contributed by atoms with van der Waals surface area (Å²) in [5.41, 5.74) is 0.885. The molecule has 0 radical (unpaired) electrons. The fraction of sp³-hybridized carbons (Fsp3) is 0.588. The van der Waals surface area contributed by atoms with Gasteiger partial charge in [-0.15, -0.1) is 0 Å². The first kappa shape index (κ1) is 18.0. The Balaban J connectivity index is 1.70. The Bertz CT molecular complexity index is 602. The number of hydrogen-bond acceptors (Lipinski definition) is 5. The fourth-order valence-corrected chi connectivity index (χ4v) is 3.59. The lowest BCUT2D eigenvalue weighted by molar-refractivity contribution is -0.138. The van der Waals surface area contributed by atoms with Crippen LogP contribution < -0.4 is 4.74 Å². The summed E-state index contributed by atoms with van der Waals surface area (Å²) >= 11 is 0. The van der Waals surface area contributed by atoms with E-state index in [1.54, 1.807) is 12.1 Å². The van der Waals surface area contributed by atoms with Crippen molar-refractivity contribution in [1.29, 1.82) is 0 Å². The molecule has 2 aliphatic heterocycles. The van der Waals surface area contributed by atoms with Gasteiger partial charge < -0.3 is 14.6 Å². The number of fused-ring (bicyclic) bond motifs is 3. The molecule has 2 aliphatic rings. The summed E-state index contributed by atoms with van der Waals surface area (Å²) in [7, 11) is 0. The van der Waals surface area contributed by atoms with Crippen LogP contribution in [0.15, 0.2) is 24.3 Å². The van der Waals surface area contributed by atoms with Gasteiger partial charge in [0.25, 0.3) is 0 Å². The maximum absolute atomic E-state index is 12.4. The van der Waals surface area contributed by atoms with E-state index in [9.17, 15) is 13.6 Å². The van der Waals surface area contributed by atoms with Crippen molar-refractivity contribution in [3.8, 4) is 5.75 Å². The van der Waals surface area contributed by atoms with Crippen LogP contribution in [0.3, 0.4) is 0 Å². The molecule has 8 heteroatoms. The Morgan fingerprint density at radius 3 is 2.92 bits per heavy atom. The molecule has 1 aromatic carbocycles. The van der Waals surface area contributed by atoms with Gasteiger partial charge in [-0.25, -0.2) is 0 Å². The summed E-state index contributed by atoms with van der Waals surface area (Å²) in [4.78, 5) is 15.2. The number of rotatable bonds is 6. The van der Waals surface area contributed by atoms with E-state index in [4.69, 9.17) is 9.84 Å². The number of aliphatic carboxylic acids is 1. The van der Waals surface area contributed by atoms with Gasteiger partial charge in [-0.05, 0) is 17.7 Å². The van der Waals surface area contributed by atoms with Crippen LogP contribution in [0, 0.1) is 5.92 Å². The zero-order valence-electron chi connectivity index (χ0n) is 13.8. The molecular formula is C17H22F2N2O4. The Hall–Kier alpha value is -1.77. The lowest BCUT2D eigenvalue weighted by atomic mass is 10.1. The van der Waals surface area contributed by atoms with E-state index in [1.165, 1.54) is 6.07 Å². The number of benzene rings is 1. The summed E-state index contributed by atoms with van der Waals surface area (Å²) in [6.45, 7) is 1.03. The number of alkyl halides is 2. The molecule has 2 fully saturated rings. The molecular weight excluding hydrogens is 334 g/mol. The van der Waals surface area contributed by atoms with Crippen LogP contribution >= 0.6 is 0 Å². The van der Waals surface area contributed by atoms with Crippen molar-refractivity contribution in [3.63, 3.8) is 0 Å². The monoisotopic (exact) mass is 356 g/mol. The summed E-state index contributed by atoms with van der Waals surface area (Å²) in [5.74, 6) is -0.453. The standard InChI is InChI=1S/C17H22F2N2O4/c18-17(19)25-15-3-1-2-12(4-15)6-21-7-13-5-20(9-16(22)23)8-14(21)11-24-10-13/h1-4,13-14,17H,5-11H2,(H,22,23)/t13-,14-/m0/s1. The van der Waals surface area contributed by atoms with Crippen molar-refractivity contribution in [1.82, 2.24) is 9.80 Å². The first-order valence-corrected chi connectivity index (χ1v) is 8.29. The molecule has 0 unspecified atom stereocenters. The highest BCUT2D eigenvalue weighted by Gasteiger charge is 2.33. The molecule has 2 bridgehead atoms. The van der Waals surface area contributed by atoms with Gasteiger partial charge in [0.05, 0.1) is 19.8 Å². The third-order valence-electron chi connectivity index (χ3n) is 4.53. The van der Waals surface area contributed by atoms with Crippen LogP contribution in [-0.4, -0.2) is 72.9 Å². The van der Waals surface area contributed by atoms with Crippen molar-refractivity contribution >= 4 is 5.97 Å². The second-order valence-electron chi connectivity index (χ2n) is 6.60. The summed E-state index contributed by atoms with van der Waals surface area (Å²) in [5, 5.41) is 9.06. The van der Waals surface area contributed by atoms with Crippen LogP contribution in [0.2, 0.25) is 0 Å². The molecule has 138 valence electrons. The van der Waals surface area contributed by atoms with Crippen LogP contribution in [0.1, 0.15) is 5.56 Å². The summed E-state index contributed by atoms with van der Waals surface area (Å²) < 4.78 is 35.0. The van der Waals surface area contributed by atoms with E-state index in [1.807, 2.05) is 11.0 Å². The Morgan fingerprint density at radius 2 is 2.16 bits per heavy atom. The molecule has 1 N–H and O–H groups in total. The predicted octanol–water partition coefficient (Wildman–Crippen LogP) is 1.51. The minimum atomic E-state index is -2.84. The fourth-order valence-electron chi connectivity index (χ4n) is 3.59. The molecule has 3 rings (SSSR count). The van der Waals surface area contributed by atoms with E-state index in [0.717, 1.165) is 12.1 Å². The first-order chi connectivity index (χ1) is 12.0. The predicted molar refractivity (Wildman–Crippen MR) is 85.7 cm³/mol. The number of carboxylic acid groups (broad SMARTS) is 1. The zero-order valence-corrected chi connectivity index (χ0v) is 13.8. The van der Waals surface area contributed by atoms with Crippen molar-refractivity contribution in [2.45, 2.75) is 19.2 Å². The second-order valence-corrected chi connectivity index (χ2v) is 6.60. The molecule has 1 aromatic rings. The first-order valence-electron chi connectivity index (χ1n) is 8.29. The average molecular weight is 356 g/mol. The van der Waals surface area contributed by atoms with Gasteiger partial charge in [-0.3, -0.25) is 14.6 Å². The molecule has 25 heavy (non-hydrogen) atoms. The molecule has 0 aliphatic carbocycles. The number of carbonyl (C=O) groups is 1. The van der Waals surface area contributed by atoms with E-state index in [0.29, 0.717) is 32.8 Å². The molecule has 0 aromatic heterocycles. The van der Waals surface area contributed by atoms with Crippen molar-refractivity contribution in [2.24, 2.45) is 5.92 Å². The molecule has 0 saturated carbocycles. The zero-order chi connectivity index (χ0) is 17.8. The van der Waals surface area contributed by atoms with E-state index in [-0.39, 0.29) is 24.3 Å². The van der Waals surface area contributed by atoms with Crippen LogP contribution in [-0.2, 0) is 16.1 Å². The lowest BCUT2D eigenvalue weighted by Crippen LogP contribution is -2.44. The SMILES string of the molecule is O=C(O)CN1C[C@@H]2COC[C@H](C1)N(Cc1cccc(OC(F)F)c1)C2. The molecule has 0 amide bonds. The van der Waals surface area contributed by atoms with Gasteiger partial charge in [0.1, 0.15) is 5.75 Å². The number of ether oxygens (including phenoxy) is 2. The molecule has 2 atom stereocenters. The Morgan fingerprint density at radius 1 is 1.32 bits per heavy atom. The largest absolute Gasteiger partial charge is 0.480 e. The topological polar surface area (TPSA) is 62.2 Å². The van der Waals surface area contributed by atoms with Crippen molar-refractivity contribution < 1.29 is 28.2 Å². The Labute approximate surface area is 144 Å². The quantitative estimate of drug-likeness (QED) is 0.834. The van der Waals surface area contributed by atoms with E-state index in [2.05, 4.69) is 9.64 Å². The number of nitrogens with zero attached hydrogens (tertiary/aromatic N) is 2.